The smallest absolute Gasteiger partial charge is 0.331 e. The molecule has 1 atom stereocenters. The molecule has 7 nitrogen and oxygen atoms in total. The zero-order valence-corrected chi connectivity index (χ0v) is 10.8. The molecule has 1 aliphatic heterocycles. The Bertz CT molecular complexity index is 523. The van der Waals surface area contributed by atoms with Crippen molar-refractivity contribution in [3.05, 3.63) is 17.5 Å². The van der Waals surface area contributed by atoms with E-state index < -0.39 is 23.8 Å². The number of barbiturate groups is 1. The van der Waals surface area contributed by atoms with Gasteiger partial charge < -0.3 is 4.52 Å². The minimum atomic E-state index is -0.799. The third-order valence-corrected chi connectivity index (χ3v) is 2.92. The summed E-state index contributed by atoms with van der Waals surface area (Å²) in [6.45, 7) is 3.61. The number of hydrogen-bond donors (Lipinski definition) is 1. The number of urea groups is 1. The van der Waals surface area contributed by atoms with Crippen LogP contribution in [0.2, 0.25) is 0 Å². The fraction of sp³-hybridized carbons (Fsp3) is 0.500. The lowest BCUT2D eigenvalue weighted by atomic mass is 9.99. The van der Waals surface area contributed by atoms with Crippen LogP contribution in [-0.4, -0.2) is 27.9 Å². The molecule has 0 saturated carbocycles. The summed E-state index contributed by atoms with van der Waals surface area (Å²) in [6, 6.07) is 0.933. The second kappa shape index (κ2) is 5.21. The second-order valence-corrected chi connectivity index (χ2v) is 4.49. The number of aromatic nitrogens is 1. The predicted molar refractivity (Wildman–Crippen MR) is 63.7 cm³/mol. The summed E-state index contributed by atoms with van der Waals surface area (Å²) in [5, 5.41) is 5.88. The third-order valence-electron chi connectivity index (χ3n) is 2.92. The van der Waals surface area contributed by atoms with Crippen molar-refractivity contribution in [3.63, 3.8) is 0 Å². The largest absolute Gasteiger partial charge is 0.359 e. The van der Waals surface area contributed by atoms with Gasteiger partial charge in [0.25, 0.3) is 0 Å². The highest BCUT2D eigenvalue weighted by Crippen LogP contribution is 2.18. The standard InChI is InChI=1S/C12H15N3O4/c1-3-4-9-10(16)13-12(18)15(11(9)17)6-8-5-7(2)14-19-8/h5,9H,3-4,6H2,1-2H3,(H,13,16,18). The van der Waals surface area contributed by atoms with Crippen molar-refractivity contribution in [2.45, 2.75) is 33.2 Å². The highest BCUT2D eigenvalue weighted by Gasteiger charge is 2.40. The Balaban J connectivity index is 2.16. The van der Waals surface area contributed by atoms with Crippen LogP contribution in [0, 0.1) is 12.8 Å². The number of aryl methyl sites for hydroxylation is 1. The van der Waals surface area contributed by atoms with Crippen molar-refractivity contribution in [2.75, 3.05) is 0 Å². The summed E-state index contributed by atoms with van der Waals surface area (Å²) >= 11 is 0. The van der Waals surface area contributed by atoms with Crippen molar-refractivity contribution in [1.82, 2.24) is 15.4 Å². The van der Waals surface area contributed by atoms with E-state index in [1.165, 1.54) is 0 Å². The van der Waals surface area contributed by atoms with Crippen LogP contribution in [0.15, 0.2) is 10.6 Å². The third kappa shape index (κ3) is 2.64. The minimum Gasteiger partial charge on any atom is -0.359 e. The molecule has 1 aromatic rings. The maximum Gasteiger partial charge on any atom is 0.331 e. The molecule has 0 radical (unpaired) electrons. The van der Waals surface area contributed by atoms with Gasteiger partial charge in [0.15, 0.2) is 5.76 Å². The molecular formula is C12H15N3O4. The molecule has 1 aromatic heterocycles. The Labute approximate surface area is 109 Å². The van der Waals surface area contributed by atoms with Crippen LogP contribution in [0.4, 0.5) is 4.79 Å². The Hall–Kier alpha value is -2.18. The van der Waals surface area contributed by atoms with E-state index in [9.17, 15) is 14.4 Å². The second-order valence-electron chi connectivity index (χ2n) is 4.49. The lowest BCUT2D eigenvalue weighted by Gasteiger charge is -2.29. The quantitative estimate of drug-likeness (QED) is 0.819. The van der Waals surface area contributed by atoms with E-state index in [1.807, 2.05) is 6.92 Å². The molecule has 0 aliphatic carbocycles. The number of nitrogens with one attached hydrogen (secondary N) is 1. The van der Waals surface area contributed by atoms with Crippen LogP contribution in [0.25, 0.3) is 0 Å². The number of carbonyl (C=O) groups excluding carboxylic acids is 3. The molecule has 1 fully saturated rings. The zero-order valence-electron chi connectivity index (χ0n) is 10.8. The van der Waals surface area contributed by atoms with E-state index in [0.717, 1.165) is 4.90 Å². The molecule has 2 heterocycles. The maximum atomic E-state index is 12.1. The molecule has 19 heavy (non-hydrogen) atoms. The molecule has 4 amide bonds. The first-order chi connectivity index (χ1) is 9.02. The van der Waals surface area contributed by atoms with Crippen LogP contribution in [-0.2, 0) is 16.1 Å². The number of rotatable bonds is 4. The van der Waals surface area contributed by atoms with Crippen molar-refractivity contribution < 1.29 is 18.9 Å². The molecule has 0 aromatic carbocycles. The van der Waals surface area contributed by atoms with Crippen LogP contribution >= 0.6 is 0 Å². The van der Waals surface area contributed by atoms with Crippen molar-refractivity contribution >= 4 is 17.8 Å². The Kier molecular flexibility index (Phi) is 3.64. The van der Waals surface area contributed by atoms with E-state index in [0.29, 0.717) is 24.3 Å². The van der Waals surface area contributed by atoms with Gasteiger partial charge in [-0.3, -0.25) is 19.8 Å². The number of carbonyl (C=O) groups is 3. The van der Waals surface area contributed by atoms with E-state index >= 15 is 0 Å². The van der Waals surface area contributed by atoms with Gasteiger partial charge in [-0.05, 0) is 13.3 Å². The van der Waals surface area contributed by atoms with E-state index in [-0.39, 0.29) is 6.54 Å². The summed E-state index contributed by atoms with van der Waals surface area (Å²) < 4.78 is 4.98. The topological polar surface area (TPSA) is 92.5 Å². The molecule has 1 N–H and O–H groups in total. The summed E-state index contributed by atoms with van der Waals surface area (Å²) in [5.74, 6) is -1.40. The van der Waals surface area contributed by atoms with Crippen molar-refractivity contribution in [1.29, 1.82) is 0 Å². The highest BCUT2D eigenvalue weighted by molar-refractivity contribution is 6.16. The van der Waals surface area contributed by atoms with Gasteiger partial charge in [0.1, 0.15) is 5.92 Å². The summed E-state index contributed by atoms with van der Waals surface area (Å²) in [6.07, 6.45) is 1.11. The maximum absolute atomic E-state index is 12.1. The van der Waals surface area contributed by atoms with Gasteiger partial charge in [0, 0.05) is 6.07 Å². The number of hydrogen-bond acceptors (Lipinski definition) is 5. The Morgan fingerprint density at radius 2 is 2.16 bits per heavy atom. The van der Waals surface area contributed by atoms with Gasteiger partial charge in [-0.1, -0.05) is 18.5 Å². The SMILES string of the molecule is CCCC1C(=O)NC(=O)N(Cc2cc(C)no2)C1=O. The first-order valence-electron chi connectivity index (χ1n) is 6.11. The fourth-order valence-corrected chi connectivity index (χ4v) is 2.00. The number of imide groups is 2. The van der Waals surface area contributed by atoms with Crippen LogP contribution in [0.5, 0.6) is 0 Å². The lowest BCUT2D eigenvalue weighted by molar-refractivity contribution is -0.143. The first-order valence-corrected chi connectivity index (χ1v) is 6.11. The van der Waals surface area contributed by atoms with Gasteiger partial charge >= 0.3 is 6.03 Å². The molecule has 1 aliphatic rings. The van der Waals surface area contributed by atoms with Gasteiger partial charge in [0.2, 0.25) is 11.8 Å². The zero-order chi connectivity index (χ0) is 14.0. The lowest BCUT2D eigenvalue weighted by Crippen LogP contribution is -2.57. The monoisotopic (exact) mass is 265 g/mol. The molecule has 1 unspecified atom stereocenters. The van der Waals surface area contributed by atoms with E-state index in [2.05, 4.69) is 10.5 Å². The summed E-state index contributed by atoms with van der Waals surface area (Å²) in [4.78, 5) is 36.4. The van der Waals surface area contributed by atoms with Gasteiger partial charge in [0.05, 0.1) is 12.2 Å². The Morgan fingerprint density at radius 1 is 1.42 bits per heavy atom. The molecule has 0 bridgehead atoms. The highest BCUT2D eigenvalue weighted by atomic mass is 16.5. The molecule has 102 valence electrons. The minimum absolute atomic E-state index is 0.0149. The summed E-state index contributed by atoms with van der Waals surface area (Å²) in [5.41, 5.74) is 0.668. The van der Waals surface area contributed by atoms with Crippen LogP contribution in [0.1, 0.15) is 31.2 Å². The van der Waals surface area contributed by atoms with E-state index in [4.69, 9.17) is 4.52 Å². The average Bonchev–Trinajstić information content (AvgIpc) is 2.76. The molecular weight excluding hydrogens is 250 g/mol. The van der Waals surface area contributed by atoms with Crippen molar-refractivity contribution in [2.24, 2.45) is 5.92 Å². The molecule has 1 saturated heterocycles. The van der Waals surface area contributed by atoms with Crippen molar-refractivity contribution in [3.8, 4) is 0 Å². The van der Waals surface area contributed by atoms with Gasteiger partial charge in [-0.2, -0.15) is 0 Å². The van der Waals surface area contributed by atoms with Crippen LogP contribution in [0.3, 0.4) is 0 Å². The van der Waals surface area contributed by atoms with Crippen LogP contribution < -0.4 is 5.32 Å². The number of amides is 4. The summed E-state index contributed by atoms with van der Waals surface area (Å²) in [7, 11) is 0. The first kappa shape index (κ1) is 13.3. The number of nitrogens with zero attached hydrogens (tertiary/aromatic N) is 2. The average molecular weight is 265 g/mol. The normalized spacial score (nSPS) is 19.8. The van der Waals surface area contributed by atoms with Gasteiger partial charge in [-0.25, -0.2) is 4.79 Å². The molecule has 7 heteroatoms. The Morgan fingerprint density at radius 3 is 2.74 bits per heavy atom. The van der Waals surface area contributed by atoms with E-state index in [1.54, 1.807) is 13.0 Å². The fourth-order valence-electron chi connectivity index (χ4n) is 2.00. The molecule has 2 rings (SSSR count). The van der Waals surface area contributed by atoms with Gasteiger partial charge in [-0.15, -0.1) is 0 Å². The molecule has 0 spiro atoms. The predicted octanol–water partition coefficient (Wildman–Crippen LogP) is 0.978.